The average Bonchev–Trinajstić information content (AvgIpc) is 2.37. The molecule has 0 unspecified atom stereocenters. The van der Waals surface area contributed by atoms with Gasteiger partial charge in [0.1, 0.15) is 5.76 Å². The zero-order valence-corrected chi connectivity index (χ0v) is 11.4. The second-order valence-corrected chi connectivity index (χ2v) is 4.43. The molecule has 22 heavy (non-hydrogen) atoms. The molecule has 13 nitrogen and oxygen atoms in total. The molecule has 14 heteroatoms. The van der Waals surface area contributed by atoms with Crippen molar-refractivity contribution in [2.75, 3.05) is 7.11 Å². The third-order valence-corrected chi connectivity index (χ3v) is 3.27. The van der Waals surface area contributed by atoms with Crippen molar-refractivity contribution in [3.05, 3.63) is 63.4 Å². The molecular weight excluding hydrogens is 332 g/mol. The number of rotatable bonds is 6. The smallest absolute Gasteiger partial charge is 0.500 e. The Bertz CT molecular complexity index is 579. The van der Waals surface area contributed by atoms with E-state index < -0.39 is 48.2 Å². The van der Waals surface area contributed by atoms with Crippen molar-refractivity contribution in [1.29, 1.82) is 0 Å². The molecule has 0 N–H and O–H groups in total. The van der Waals surface area contributed by atoms with Crippen LogP contribution in [0.25, 0.3) is 0 Å². The molecule has 0 aromatic carbocycles. The number of methoxy groups -OCH3 is 1. The summed E-state index contributed by atoms with van der Waals surface area (Å²) in [5.74, 6) is -6.73. The van der Waals surface area contributed by atoms with Gasteiger partial charge in [0.05, 0.1) is 12.1 Å². The summed E-state index contributed by atoms with van der Waals surface area (Å²) in [6.07, 6.45) is 1.17. The minimum absolute atomic E-state index is 0.516. The van der Waals surface area contributed by atoms with Crippen LogP contribution in [-0.4, -0.2) is 38.6 Å². The van der Waals surface area contributed by atoms with Crippen molar-refractivity contribution in [2.45, 2.75) is 11.8 Å². The van der Waals surface area contributed by atoms with E-state index in [1.54, 1.807) is 0 Å². The van der Waals surface area contributed by atoms with Gasteiger partial charge in [0, 0.05) is 11.0 Å². The maximum atomic E-state index is 11.0. The molecule has 0 aromatic heterocycles. The molecule has 0 saturated carbocycles. The lowest BCUT2D eigenvalue weighted by molar-refractivity contribution is -0.975. The van der Waals surface area contributed by atoms with Gasteiger partial charge in [-0.15, -0.1) is 0 Å². The highest BCUT2D eigenvalue weighted by Crippen LogP contribution is 2.37. The molecule has 0 aliphatic heterocycles. The molecule has 0 fully saturated rings. The third kappa shape index (κ3) is 2.41. The maximum absolute atomic E-state index is 11.0. The van der Waals surface area contributed by atoms with E-state index in [0.717, 1.165) is 7.11 Å². The maximum Gasteiger partial charge on any atom is 0.713 e. The van der Waals surface area contributed by atoms with Crippen molar-refractivity contribution < 1.29 is 24.4 Å². The summed E-state index contributed by atoms with van der Waals surface area (Å²) in [6, 6.07) is -1.67. The van der Waals surface area contributed by atoms with E-state index in [9.17, 15) is 40.5 Å². The standard InChI is InChI=1S/C8H7ClN4O9/c1-22-7-3-6(10(14)15)5(9)2-4(7)8(11(16)17,12(18)19)13(20)21/h2-4,6H,1H3/t4-,6-/m0/s1. The second-order valence-electron chi connectivity index (χ2n) is 3.99. The first kappa shape index (κ1) is 17.2. The highest BCUT2D eigenvalue weighted by molar-refractivity contribution is 6.30. The topological polar surface area (TPSA) is 182 Å². The van der Waals surface area contributed by atoms with E-state index in [2.05, 4.69) is 4.74 Å². The van der Waals surface area contributed by atoms with Crippen LogP contribution >= 0.6 is 11.6 Å². The van der Waals surface area contributed by atoms with Gasteiger partial charge in [-0.05, 0) is 6.08 Å². The molecule has 120 valence electrons. The molecule has 1 aliphatic carbocycles. The molecule has 0 amide bonds. The summed E-state index contributed by atoms with van der Waals surface area (Å²) in [7, 11) is 0.910. The van der Waals surface area contributed by atoms with Crippen molar-refractivity contribution in [1.82, 2.24) is 0 Å². The SMILES string of the molecule is COC1=C[C@H]([N+](=O)[O-])C(Cl)=C[C@@H]1C([N+](=O)[O-])([N+](=O)[O-])[N+](=O)[O-]. The largest absolute Gasteiger partial charge is 0.713 e. The number of nitro groups is 4. The Labute approximate surface area is 125 Å². The monoisotopic (exact) mass is 338 g/mol. The van der Waals surface area contributed by atoms with E-state index in [1.165, 1.54) is 0 Å². The molecule has 0 saturated heterocycles. The normalized spacial score (nSPS) is 21.4. The lowest BCUT2D eigenvalue weighted by Gasteiger charge is -2.21. The van der Waals surface area contributed by atoms with Crippen molar-refractivity contribution >= 4 is 11.6 Å². The Morgan fingerprint density at radius 3 is 1.82 bits per heavy atom. The van der Waals surface area contributed by atoms with Gasteiger partial charge in [-0.1, -0.05) is 11.6 Å². The summed E-state index contributed by atoms with van der Waals surface area (Å²) < 4.78 is 4.63. The first-order valence-electron chi connectivity index (χ1n) is 5.30. The van der Waals surface area contributed by atoms with Crippen molar-refractivity contribution in [3.8, 4) is 0 Å². The minimum Gasteiger partial charge on any atom is -0.500 e. The summed E-state index contributed by atoms with van der Waals surface area (Å²) >= 11 is 5.57. The van der Waals surface area contributed by atoms with Gasteiger partial charge < -0.3 is 4.74 Å². The Morgan fingerprint density at radius 1 is 1.05 bits per heavy atom. The zero-order valence-electron chi connectivity index (χ0n) is 10.7. The number of nitrogens with zero attached hydrogens (tertiary/aromatic N) is 4. The molecule has 0 radical (unpaired) electrons. The summed E-state index contributed by atoms with van der Waals surface area (Å²) in [5.41, 5.74) is 0. The van der Waals surface area contributed by atoms with Gasteiger partial charge in [-0.2, -0.15) is 0 Å². The van der Waals surface area contributed by atoms with E-state index in [0.29, 0.717) is 12.2 Å². The first-order valence-corrected chi connectivity index (χ1v) is 5.68. The number of hydrogen-bond acceptors (Lipinski definition) is 9. The molecule has 1 aliphatic rings. The van der Waals surface area contributed by atoms with Crippen LogP contribution < -0.4 is 0 Å². The lowest BCUT2D eigenvalue weighted by atomic mass is 9.92. The van der Waals surface area contributed by atoms with E-state index in [4.69, 9.17) is 11.6 Å². The Kier molecular flexibility index (Phi) is 4.61. The van der Waals surface area contributed by atoms with Crippen molar-refractivity contribution in [2.24, 2.45) is 5.92 Å². The quantitative estimate of drug-likeness (QED) is 0.375. The number of hydrogen-bond donors (Lipinski definition) is 0. The Balaban J connectivity index is 3.59. The molecule has 0 heterocycles. The van der Waals surface area contributed by atoms with Crippen LogP contribution in [-0.2, 0) is 4.74 Å². The van der Waals surface area contributed by atoms with Gasteiger partial charge in [0.25, 0.3) is 12.0 Å². The molecule has 0 bridgehead atoms. The predicted molar refractivity (Wildman–Crippen MR) is 67.0 cm³/mol. The predicted octanol–water partition coefficient (Wildman–Crippen LogP) is 0.398. The van der Waals surface area contributed by atoms with Gasteiger partial charge >= 0.3 is 5.79 Å². The molecule has 0 aromatic rings. The summed E-state index contributed by atoms with van der Waals surface area (Å²) in [6.45, 7) is 0. The Hall–Kier alpha value is -2.83. The summed E-state index contributed by atoms with van der Waals surface area (Å²) in [5, 5.41) is 43.2. The fourth-order valence-electron chi connectivity index (χ4n) is 1.88. The molecule has 0 spiro atoms. The fraction of sp³-hybridized carbons (Fsp3) is 0.500. The highest BCUT2D eigenvalue weighted by Gasteiger charge is 2.78. The zero-order chi connectivity index (χ0) is 17.2. The Morgan fingerprint density at radius 2 is 1.50 bits per heavy atom. The molecule has 2 atom stereocenters. The van der Waals surface area contributed by atoms with Crippen LogP contribution in [0.2, 0.25) is 0 Å². The van der Waals surface area contributed by atoms with Crippen molar-refractivity contribution in [3.63, 3.8) is 0 Å². The first-order chi connectivity index (χ1) is 10.1. The molecule has 1 rings (SSSR count). The van der Waals surface area contributed by atoms with Crippen LogP contribution in [0.1, 0.15) is 0 Å². The van der Waals surface area contributed by atoms with Gasteiger partial charge in [-0.25, -0.2) is 0 Å². The summed E-state index contributed by atoms with van der Waals surface area (Å²) in [4.78, 5) is 37.8. The van der Waals surface area contributed by atoms with Crippen LogP contribution in [0.5, 0.6) is 0 Å². The second kappa shape index (κ2) is 5.88. The number of ether oxygens (including phenoxy) is 1. The molecular formula is C8H7ClN4O9. The van der Waals surface area contributed by atoms with E-state index >= 15 is 0 Å². The van der Waals surface area contributed by atoms with Crippen LogP contribution in [0.3, 0.4) is 0 Å². The minimum atomic E-state index is -3.91. The van der Waals surface area contributed by atoms with E-state index in [-0.39, 0.29) is 0 Å². The fourth-order valence-corrected chi connectivity index (χ4v) is 2.15. The van der Waals surface area contributed by atoms with Gasteiger partial charge in [0.15, 0.2) is 14.8 Å². The number of halogens is 1. The van der Waals surface area contributed by atoms with Gasteiger partial charge in [-0.3, -0.25) is 40.5 Å². The third-order valence-electron chi connectivity index (χ3n) is 2.92. The van der Waals surface area contributed by atoms with Crippen LogP contribution in [0.15, 0.2) is 22.9 Å². The van der Waals surface area contributed by atoms with Crippen LogP contribution in [0, 0.1) is 46.4 Å². The van der Waals surface area contributed by atoms with Crippen LogP contribution in [0.4, 0.5) is 0 Å². The average molecular weight is 339 g/mol. The van der Waals surface area contributed by atoms with Gasteiger partial charge in [0.2, 0.25) is 0 Å². The van der Waals surface area contributed by atoms with E-state index in [1.807, 2.05) is 0 Å². The lowest BCUT2D eigenvalue weighted by Crippen LogP contribution is -2.59. The highest BCUT2D eigenvalue weighted by atomic mass is 35.5.